The highest BCUT2D eigenvalue weighted by Crippen LogP contribution is 2.16. The molecule has 0 aliphatic rings. The molecule has 0 atom stereocenters. The van der Waals surface area contributed by atoms with Crippen LogP contribution in [0.15, 0.2) is 0 Å². The van der Waals surface area contributed by atoms with Crippen LogP contribution in [0.1, 0.15) is 59.3 Å². The van der Waals surface area contributed by atoms with Crippen LogP contribution in [0.2, 0.25) is 0 Å². The molecule has 0 heterocycles. The molecule has 0 amide bonds. The smallest absolute Gasteiger partial charge is 0.316 e. The van der Waals surface area contributed by atoms with Gasteiger partial charge in [0.1, 0.15) is 0 Å². The Labute approximate surface area is 129 Å². The van der Waals surface area contributed by atoms with Crippen molar-refractivity contribution in [2.45, 2.75) is 59.3 Å². The standard InChI is InChI=1S/C13H29NO3S.BrH/c1-4-7-10-14(11-8-5-2,12-9-6-3)13-18(15,16)17;/h4-13H2,1-3H3;1H. The number of rotatable bonds is 11. The molecule has 4 nitrogen and oxygen atoms in total. The van der Waals surface area contributed by atoms with Gasteiger partial charge in [0.05, 0.1) is 19.6 Å². The van der Waals surface area contributed by atoms with Gasteiger partial charge in [-0.15, -0.1) is 0 Å². The Balaban J connectivity index is 0. The van der Waals surface area contributed by atoms with E-state index in [1.54, 1.807) is 0 Å². The van der Waals surface area contributed by atoms with Crippen molar-refractivity contribution >= 4 is 10.1 Å². The van der Waals surface area contributed by atoms with Crippen molar-refractivity contribution in [3.63, 3.8) is 0 Å². The molecule has 6 heteroatoms. The fourth-order valence-electron chi connectivity index (χ4n) is 2.36. The predicted octanol–water partition coefficient (Wildman–Crippen LogP) is 0.0528. The van der Waals surface area contributed by atoms with E-state index in [0.717, 1.165) is 58.2 Å². The van der Waals surface area contributed by atoms with Crippen molar-refractivity contribution < 1.29 is 34.4 Å². The van der Waals surface area contributed by atoms with Crippen LogP contribution in [0.5, 0.6) is 0 Å². The summed E-state index contributed by atoms with van der Waals surface area (Å²) in [7, 11) is -3.90. The van der Waals surface area contributed by atoms with E-state index in [4.69, 9.17) is 0 Å². The van der Waals surface area contributed by atoms with Gasteiger partial charge in [0.2, 0.25) is 5.88 Å². The minimum atomic E-state index is -3.90. The average molecular weight is 360 g/mol. The lowest BCUT2D eigenvalue weighted by Crippen LogP contribution is -3.00. The second-order valence-electron chi connectivity index (χ2n) is 5.28. The molecule has 0 spiro atoms. The first kappa shape index (κ1) is 21.6. The van der Waals surface area contributed by atoms with Gasteiger partial charge in [0, 0.05) is 0 Å². The highest BCUT2D eigenvalue weighted by Gasteiger charge is 2.31. The summed E-state index contributed by atoms with van der Waals surface area (Å²) in [5.74, 6) is -0.118. The van der Waals surface area contributed by atoms with E-state index in [1.807, 2.05) is 0 Å². The first-order valence-electron chi connectivity index (χ1n) is 7.19. The summed E-state index contributed by atoms with van der Waals surface area (Å²) >= 11 is 0. The first-order chi connectivity index (χ1) is 8.39. The van der Waals surface area contributed by atoms with Crippen molar-refractivity contribution in [2.24, 2.45) is 0 Å². The number of hydrogen-bond donors (Lipinski definition) is 1. The molecule has 0 aromatic rings. The van der Waals surface area contributed by atoms with Crippen LogP contribution in [0.3, 0.4) is 0 Å². The molecule has 0 saturated carbocycles. The van der Waals surface area contributed by atoms with Crippen molar-refractivity contribution in [1.29, 1.82) is 0 Å². The zero-order valence-corrected chi connectivity index (χ0v) is 15.0. The van der Waals surface area contributed by atoms with Crippen molar-refractivity contribution in [2.75, 3.05) is 25.5 Å². The fraction of sp³-hybridized carbons (Fsp3) is 1.00. The van der Waals surface area contributed by atoms with Crippen LogP contribution < -0.4 is 17.0 Å². The quantitative estimate of drug-likeness (QED) is 0.419. The van der Waals surface area contributed by atoms with Crippen LogP contribution in [-0.4, -0.2) is 43.0 Å². The monoisotopic (exact) mass is 359 g/mol. The summed E-state index contributed by atoms with van der Waals surface area (Å²) in [6.45, 7) is 8.91. The first-order valence-corrected chi connectivity index (χ1v) is 8.80. The molecule has 0 saturated heterocycles. The molecule has 0 rings (SSSR count). The molecule has 0 aliphatic carbocycles. The number of quaternary nitrogens is 1. The number of nitrogens with zero attached hydrogens (tertiary/aromatic N) is 1. The SMILES string of the molecule is CCCC[N+](CCCC)(CCCC)CS(=O)(=O)O.[Br-]. The summed E-state index contributed by atoms with van der Waals surface area (Å²) in [5, 5.41) is 0. The van der Waals surface area contributed by atoms with E-state index in [-0.39, 0.29) is 22.9 Å². The Morgan fingerprint density at radius 1 is 0.842 bits per heavy atom. The largest absolute Gasteiger partial charge is 1.00 e. The van der Waals surface area contributed by atoms with Gasteiger partial charge in [-0.05, 0) is 19.3 Å². The van der Waals surface area contributed by atoms with Crippen LogP contribution in [0.4, 0.5) is 0 Å². The van der Waals surface area contributed by atoms with E-state index < -0.39 is 10.1 Å². The van der Waals surface area contributed by atoms with Gasteiger partial charge >= 0.3 is 10.1 Å². The Hall–Kier alpha value is 0.350. The van der Waals surface area contributed by atoms with Gasteiger partial charge in [-0.25, -0.2) is 0 Å². The van der Waals surface area contributed by atoms with E-state index in [1.165, 1.54) is 0 Å². The lowest BCUT2D eigenvalue weighted by atomic mass is 10.2. The minimum absolute atomic E-state index is 0. The molecule has 0 bridgehead atoms. The minimum Gasteiger partial charge on any atom is -1.00 e. The van der Waals surface area contributed by atoms with E-state index in [2.05, 4.69) is 20.8 Å². The number of halogens is 1. The van der Waals surface area contributed by atoms with Crippen molar-refractivity contribution in [3.05, 3.63) is 0 Å². The maximum atomic E-state index is 11.3. The molecule has 0 fully saturated rings. The fourth-order valence-corrected chi connectivity index (χ4v) is 3.44. The van der Waals surface area contributed by atoms with Crippen LogP contribution in [0, 0.1) is 0 Å². The lowest BCUT2D eigenvalue weighted by Gasteiger charge is -2.37. The van der Waals surface area contributed by atoms with Crippen molar-refractivity contribution in [1.82, 2.24) is 0 Å². The number of unbranched alkanes of at least 4 members (excludes halogenated alkanes) is 3. The molecule has 0 unspecified atom stereocenters. The number of hydrogen-bond acceptors (Lipinski definition) is 2. The zero-order valence-electron chi connectivity index (χ0n) is 12.6. The Morgan fingerprint density at radius 3 is 1.37 bits per heavy atom. The van der Waals surface area contributed by atoms with E-state index >= 15 is 0 Å². The highest BCUT2D eigenvalue weighted by atomic mass is 79.9. The zero-order chi connectivity index (χ0) is 14.1. The maximum absolute atomic E-state index is 11.3. The normalized spacial score (nSPS) is 12.2. The third kappa shape index (κ3) is 10.8. The van der Waals surface area contributed by atoms with Gasteiger partial charge in [-0.2, -0.15) is 8.42 Å². The molecular formula is C13H30BrNO3S. The van der Waals surface area contributed by atoms with Gasteiger partial charge in [-0.1, -0.05) is 40.0 Å². The summed E-state index contributed by atoms with van der Waals surface area (Å²) in [6, 6.07) is 0. The third-order valence-corrected chi connectivity index (χ3v) is 4.27. The molecule has 1 N–H and O–H groups in total. The second kappa shape index (κ2) is 11.1. The molecule has 118 valence electrons. The van der Waals surface area contributed by atoms with Gasteiger partial charge in [0.15, 0.2) is 0 Å². The summed E-state index contributed by atoms with van der Waals surface area (Å²) in [6.07, 6.45) is 6.23. The van der Waals surface area contributed by atoms with Gasteiger partial charge in [-0.3, -0.25) is 4.55 Å². The van der Waals surface area contributed by atoms with Crippen LogP contribution in [0.25, 0.3) is 0 Å². The van der Waals surface area contributed by atoms with E-state index in [0.29, 0.717) is 4.48 Å². The molecule has 0 aliphatic heterocycles. The second-order valence-corrected chi connectivity index (χ2v) is 6.71. The Morgan fingerprint density at radius 2 is 1.16 bits per heavy atom. The van der Waals surface area contributed by atoms with Gasteiger partial charge < -0.3 is 21.5 Å². The summed E-state index contributed by atoms with van der Waals surface area (Å²) in [4.78, 5) is 0. The molecule has 0 aromatic heterocycles. The molecular weight excluding hydrogens is 330 g/mol. The molecule has 0 radical (unpaired) electrons. The van der Waals surface area contributed by atoms with Crippen molar-refractivity contribution in [3.8, 4) is 0 Å². The lowest BCUT2D eigenvalue weighted by molar-refractivity contribution is -0.918. The van der Waals surface area contributed by atoms with Gasteiger partial charge in [0.25, 0.3) is 0 Å². The summed E-state index contributed by atoms with van der Waals surface area (Å²) < 4.78 is 32.3. The molecule has 19 heavy (non-hydrogen) atoms. The van der Waals surface area contributed by atoms with E-state index in [9.17, 15) is 13.0 Å². The molecule has 0 aromatic carbocycles. The third-order valence-electron chi connectivity index (χ3n) is 3.40. The topological polar surface area (TPSA) is 54.4 Å². The van der Waals surface area contributed by atoms with Crippen LogP contribution in [-0.2, 0) is 10.1 Å². The Bertz CT molecular complexity index is 285. The summed E-state index contributed by atoms with van der Waals surface area (Å²) in [5.41, 5.74) is 0. The van der Waals surface area contributed by atoms with Crippen LogP contribution >= 0.6 is 0 Å². The highest BCUT2D eigenvalue weighted by molar-refractivity contribution is 7.85. The Kier molecular flexibility index (Phi) is 12.6. The maximum Gasteiger partial charge on any atom is 0.316 e. The average Bonchev–Trinajstić information content (AvgIpc) is 2.29. The predicted molar refractivity (Wildman–Crippen MR) is 76.0 cm³/mol.